The van der Waals surface area contributed by atoms with Gasteiger partial charge in [-0.25, -0.2) is 22.0 Å². The van der Waals surface area contributed by atoms with Gasteiger partial charge in [-0.1, -0.05) is 0 Å². The van der Waals surface area contributed by atoms with Gasteiger partial charge in [-0.15, -0.1) is 22.7 Å². The molecule has 7 rings (SSSR count). The summed E-state index contributed by atoms with van der Waals surface area (Å²) < 4.78 is 66.2. The van der Waals surface area contributed by atoms with Gasteiger partial charge in [0.1, 0.15) is 46.8 Å². The van der Waals surface area contributed by atoms with Gasteiger partial charge in [0.25, 0.3) is 0 Å². The average molecular weight is 843 g/mol. The minimum Gasteiger partial charge on any atom is -0.396 e. The van der Waals surface area contributed by atoms with Gasteiger partial charge in [-0.2, -0.15) is 25.4 Å². The highest BCUT2D eigenvalue weighted by Gasteiger charge is 2.36. The summed E-state index contributed by atoms with van der Waals surface area (Å²) >= 11 is 11.2. The van der Waals surface area contributed by atoms with E-state index < -0.39 is 46.0 Å². The number of hydrogen-bond donors (Lipinski definition) is 3. The summed E-state index contributed by atoms with van der Waals surface area (Å²) in [4.78, 5) is 27.1. The molecule has 2 aromatic carbocycles. The van der Waals surface area contributed by atoms with Crippen molar-refractivity contribution in [2.75, 3.05) is 0 Å². The molecule has 3 aliphatic rings. The van der Waals surface area contributed by atoms with Crippen LogP contribution < -0.4 is 23.9 Å². The van der Waals surface area contributed by atoms with Gasteiger partial charge in [0.2, 0.25) is 0 Å². The molecule has 0 saturated carbocycles. The molecule has 0 saturated heterocycles. The molecule has 18 heteroatoms. The highest BCUT2D eigenvalue weighted by Crippen LogP contribution is 2.41. The molecule has 0 amide bonds. The molecule has 3 N–H and O–H groups in total. The van der Waals surface area contributed by atoms with E-state index in [1.807, 2.05) is 0 Å². The number of fused-ring (bicyclic) bond motifs is 2. The largest absolute Gasteiger partial charge is 0.396 e. The molecule has 0 radical (unpaired) electrons. The number of thiophene rings is 2. The highest BCUT2D eigenvalue weighted by molar-refractivity contribution is 7.79. The molecule has 0 atom stereocenters. The van der Waals surface area contributed by atoms with Crippen LogP contribution in [0.25, 0.3) is 34.4 Å². The number of halogens is 4. The third-order valence-electron chi connectivity index (χ3n) is 9.12. The number of nitriles is 4. The van der Waals surface area contributed by atoms with Crippen LogP contribution in [0.5, 0.6) is 0 Å². The lowest BCUT2D eigenvalue weighted by Gasteiger charge is -2.20. The smallest absolute Gasteiger partial charge is 0.195 e. The topological polar surface area (TPSA) is 204 Å². The zero-order valence-electron chi connectivity index (χ0n) is 28.5. The molecule has 3 aliphatic carbocycles. The fourth-order valence-corrected chi connectivity index (χ4v) is 9.00. The first-order valence-electron chi connectivity index (χ1n) is 16.0. The van der Waals surface area contributed by atoms with Crippen molar-refractivity contribution >= 4 is 105 Å². The molecule has 2 aromatic heterocycles. The van der Waals surface area contributed by atoms with Crippen molar-refractivity contribution in [1.29, 1.82) is 26.5 Å². The summed E-state index contributed by atoms with van der Waals surface area (Å²) in [6, 6.07) is 15.9. The van der Waals surface area contributed by atoms with Gasteiger partial charge < -0.3 is 5.73 Å². The van der Waals surface area contributed by atoms with Crippen molar-refractivity contribution in [3.63, 3.8) is 0 Å². The fourth-order valence-electron chi connectivity index (χ4n) is 6.60. The number of allylic oxidation sites excluding steroid dienone is 6. The molecule has 0 fully saturated rings. The zero-order chi connectivity index (χ0) is 41.7. The zero-order valence-corrected chi connectivity index (χ0v) is 31.9. The van der Waals surface area contributed by atoms with Crippen LogP contribution in [0.15, 0.2) is 91.0 Å². The predicted molar refractivity (Wildman–Crippen MR) is 213 cm³/mol. The monoisotopic (exact) mass is 842 g/mol. The van der Waals surface area contributed by atoms with Gasteiger partial charge in [-0.3, -0.25) is 15.0 Å². The number of carbonyl (C=O) groups is 2. The van der Waals surface area contributed by atoms with Crippen molar-refractivity contribution in [3.05, 3.63) is 146 Å². The third-order valence-corrected chi connectivity index (χ3v) is 11.6. The van der Waals surface area contributed by atoms with Crippen LogP contribution in [0.3, 0.4) is 0 Å². The molecule has 0 aliphatic heterocycles. The van der Waals surface area contributed by atoms with Crippen LogP contribution in [-0.2, 0) is 12.4 Å². The SMILES string of the molecule is N#CC(C#N)=C1/C(=c2\cc/c(=C\C3=C(N=S)C(N)=C(/C=c4\cc/c(=C5/C(=O)c6cc(F)c(F)cc6C5=C(C#N)C#N)s4)/C(=N/S)C3=N)s2)C(=O)c2cc(F)c(F)cc21. The number of nitrogens with two attached hydrogens (primary N) is 1. The number of rotatable bonds is 3. The normalized spacial score (nSPS) is 18.0. The van der Waals surface area contributed by atoms with Crippen molar-refractivity contribution in [2.45, 2.75) is 0 Å². The Labute approximate surface area is 342 Å². The number of Topliss-reactive ketones (excluding diaryl/α,β-unsaturated/α-hetero) is 2. The maximum absolute atomic E-state index is 14.3. The minimum atomic E-state index is -1.28. The van der Waals surface area contributed by atoms with Crippen molar-refractivity contribution < 1.29 is 27.2 Å². The highest BCUT2D eigenvalue weighted by atomic mass is 32.1. The summed E-state index contributed by atoms with van der Waals surface area (Å²) in [5.41, 5.74) is 4.37. The Morgan fingerprint density at radius 2 is 1.10 bits per heavy atom. The molecule has 4 aromatic rings. The molecule has 278 valence electrons. The van der Waals surface area contributed by atoms with Crippen molar-refractivity contribution in [2.24, 2.45) is 14.5 Å². The van der Waals surface area contributed by atoms with Crippen LogP contribution in [-0.4, -0.2) is 23.0 Å². The first-order valence-corrected chi connectivity index (χ1v) is 18.4. The molecule has 58 heavy (non-hydrogen) atoms. The summed E-state index contributed by atoms with van der Waals surface area (Å²) in [6.45, 7) is 0. The van der Waals surface area contributed by atoms with Gasteiger partial charge in [0.15, 0.2) is 34.8 Å². The Bertz CT molecular complexity index is 3290. The van der Waals surface area contributed by atoms with Crippen molar-refractivity contribution in [3.8, 4) is 24.3 Å². The van der Waals surface area contributed by atoms with Crippen LogP contribution in [0.4, 0.5) is 17.6 Å². The quantitative estimate of drug-likeness (QED) is 0.112. The average Bonchev–Trinajstić information content (AvgIpc) is 3.98. The summed E-state index contributed by atoms with van der Waals surface area (Å²) in [6.07, 6.45) is 3.00. The number of thiol groups is 1. The van der Waals surface area contributed by atoms with Crippen molar-refractivity contribution in [1.82, 2.24) is 0 Å². The molecular formula is C40H14F4N8O2S4. The summed E-state index contributed by atoms with van der Waals surface area (Å²) in [7, 11) is 0. The molecule has 0 spiro atoms. The molecule has 0 unspecified atom stereocenters. The first-order chi connectivity index (χ1) is 27.8. The maximum Gasteiger partial charge on any atom is 0.195 e. The van der Waals surface area contributed by atoms with Gasteiger partial charge in [0, 0.05) is 75.1 Å². The lowest BCUT2D eigenvalue weighted by Crippen LogP contribution is -2.27. The lowest BCUT2D eigenvalue weighted by molar-refractivity contribution is 0.105. The van der Waals surface area contributed by atoms with E-state index in [9.17, 15) is 48.2 Å². The Balaban J connectivity index is 1.39. The van der Waals surface area contributed by atoms with E-state index in [1.54, 1.807) is 36.4 Å². The van der Waals surface area contributed by atoms with E-state index in [4.69, 9.17) is 23.6 Å². The number of ketones is 2. The number of carbonyl (C=O) groups excluding carboxylic acids is 2. The lowest BCUT2D eigenvalue weighted by atomic mass is 9.89. The second kappa shape index (κ2) is 15.0. The second-order valence-corrected chi connectivity index (χ2v) is 14.8. The van der Waals surface area contributed by atoms with Crippen LogP contribution >= 0.6 is 35.5 Å². The standard InChI is InChI=1S/C40H14F4N8O2S4/c41-25-7-19-21(9-27(25)43)39(53)33(31(19)15(11-45)12-46)29-3-1-17(57-29)5-23-35(49)38(52-56)24(36(50)37(23)51-55)6-18-2-4-30(58-18)34-32(16(13-47)14-48)20-8-26(42)28(44)10-22(20)40(34)54/h1-10,49,56H,50H2/b17-5+,18-6+,33-29-,34-30-,49-35?,52-38-. The number of nitrogens with one attached hydrogen (secondary N) is 1. The molecular weight excluding hydrogens is 829 g/mol. The molecule has 0 bridgehead atoms. The summed E-state index contributed by atoms with van der Waals surface area (Å²) in [5.74, 6) is -6.56. The van der Waals surface area contributed by atoms with E-state index in [2.05, 4.69) is 21.6 Å². The van der Waals surface area contributed by atoms with E-state index in [1.165, 1.54) is 24.3 Å². The van der Waals surface area contributed by atoms with E-state index >= 15 is 0 Å². The Morgan fingerprint density at radius 3 is 1.48 bits per heavy atom. The second-order valence-electron chi connectivity index (χ2n) is 12.2. The van der Waals surface area contributed by atoms with Crippen LogP contribution in [0, 0.1) is 74.0 Å². The minimum absolute atomic E-state index is 0.0174. The van der Waals surface area contributed by atoms with E-state index in [-0.39, 0.29) is 87.6 Å². The predicted octanol–water partition coefficient (Wildman–Crippen LogP) is 4.84. The number of benzene rings is 2. The van der Waals surface area contributed by atoms with E-state index in [0.717, 1.165) is 34.8 Å². The maximum atomic E-state index is 14.3. The van der Waals surface area contributed by atoms with Crippen LogP contribution in [0.2, 0.25) is 0 Å². The van der Waals surface area contributed by atoms with Crippen LogP contribution in [0.1, 0.15) is 31.8 Å². The summed E-state index contributed by atoms with van der Waals surface area (Å²) in [5, 5.41) is 47.8. The Kier molecular flexibility index (Phi) is 10.1. The fraction of sp³-hybridized carbons (Fsp3) is 0. The van der Waals surface area contributed by atoms with Gasteiger partial charge in [0.05, 0.1) is 11.4 Å². The number of hydrogen-bond acceptors (Lipinski definition) is 14. The van der Waals surface area contributed by atoms with E-state index in [0.29, 0.717) is 21.2 Å². The van der Waals surface area contributed by atoms with Gasteiger partial charge >= 0.3 is 0 Å². The Hall–Kier alpha value is -7.19. The van der Waals surface area contributed by atoms with Gasteiger partial charge in [-0.05, 0) is 84.6 Å². The first kappa shape index (κ1) is 39.1. The third kappa shape index (κ3) is 6.14. The Morgan fingerprint density at radius 1 is 0.707 bits per heavy atom. The molecule has 10 nitrogen and oxygen atoms in total. The number of nitrogens with zero attached hydrogens (tertiary/aromatic N) is 6. The molecule has 2 heterocycles.